The van der Waals surface area contributed by atoms with Gasteiger partial charge in [0.1, 0.15) is 6.10 Å². The molecule has 0 fully saturated rings. The molecule has 90 valence electrons. The molecule has 2 aromatic rings. The lowest BCUT2D eigenvalue weighted by Crippen LogP contribution is -2.27. The Labute approximate surface area is 107 Å². The molecule has 1 aliphatic carbocycles. The second kappa shape index (κ2) is 4.67. The fourth-order valence-electron chi connectivity index (χ4n) is 2.29. The minimum absolute atomic E-state index is 0.0812. The molecule has 0 aromatic heterocycles. The summed E-state index contributed by atoms with van der Waals surface area (Å²) in [5.41, 5.74) is 3.09. The molecule has 0 unspecified atom stereocenters. The third-order valence-corrected chi connectivity index (χ3v) is 3.25. The predicted molar refractivity (Wildman–Crippen MR) is 74.3 cm³/mol. The molecule has 18 heavy (non-hydrogen) atoms. The number of fused-ring (bicyclic) bond motifs is 1. The van der Waals surface area contributed by atoms with Crippen molar-refractivity contribution in [2.45, 2.75) is 12.1 Å². The minimum atomic E-state index is -0.508. The summed E-state index contributed by atoms with van der Waals surface area (Å²) in [5.74, 6) is 0. The molecular formula is C16H15NO. The summed E-state index contributed by atoms with van der Waals surface area (Å²) in [6, 6.07) is 17.8. The summed E-state index contributed by atoms with van der Waals surface area (Å²) < 4.78 is 0. The van der Waals surface area contributed by atoms with E-state index in [-0.39, 0.29) is 6.04 Å². The zero-order valence-corrected chi connectivity index (χ0v) is 9.95. The fraction of sp³-hybridized carbons (Fsp3) is 0.125. The number of aliphatic hydroxyl groups is 1. The van der Waals surface area contributed by atoms with Crippen molar-refractivity contribution < 1.29 is 5.11 Å². The second-order valence-corrected chi connectivity index (χ2v) is 4.47. The molecule has 0 bridgehead atoms. The summed E-state index contributed by atoms with van der Waals surface area (Å²) >= 11 is 0. The first-order valence-electron chi connectivity index (χ1n) is 6.11. The molecule has 2 heteroatoms. The Bertz CT molecular complexity index is 562. The molecule has 2 nitrogen and oxygen atoms in total. The highest BCUT2D eigenvalue weighted by Crippen LogP contribution is 2.29. The molecule has 0 amide bonds. The number of rotatable bonds is 2. The van der Waals surface area contributed by atoms with Gasteiger partial charge in [0.15, 0.2) is 0 Å². The largest absolute Gasteiger partial charge is 0.386 e. The van der Waals surface area contributed by atoms with Gasteiger partial charge in [0.2, 0.25) is 0 Å². The van der Waals surface area contributed by atoms with Crippen molar-refractivity contribution in [3.8, 4) is 0 Å². The van der Waals surface area contributed by atoms with Crippen LogP contribution in [0.4, 0.5) is 5.69 Å². The van der Waals surface area contributed by atoms with Gasteiger partial charge >= 0.3 is 0 Å². The Morgan fingerprint density at radius 2 is 1.61 bits per heavy atom. The van der Waals surface area contributed by atoms with E-state index < -0.39 is 6.10 Å². The number of aliphatic hydroxyl groups excluding tert-OH is 1. The van der Waals surface area contributed by atoms with Gasteiger partial charge in [0.25, 0.3) is 0 Å². The predicted octanol–water partition coefficient (Wildman–Crippen LogP) is 3.23. The van der Waals surface area contributed by atoms with E-state index in [0.717, 1.165) is 16.8 Å². The van der Waals surface area contributed by atoms with Crippen LogP contribution in [0, 0.1) is 0 Å². The van der Waals surface area contributed by atoms with Crippen molar-refractivity contribution in [2.24, 2.45) is 0 Å². The molecule has 1 aliphatic rings. The third kappa shape index (κ3) is 2.03. The molecule has 0 spiro atoms. The average Bonchev–Trinajstić information content (AvgIpc) is 2.43. The van der Waals surface area contributed by atoms with Crippen molar-refractivity contribution in [3.05, 3.63) is 71.8 Å². The fourth-order valence-corrected chi connectivity index (χ4v) is 2.29. The third-order valence-electron chi connectivity index (χ3n) is 3.25. The van der Waals surface area contributed by atoms with E-state index in [1.807, 2.05) is 60.7 Å². The van der Waals surface area contributed by atoms with E-state index in [9.17, 15) is 5.11 Å². The Morgan fingerprint density at radius 1 is 0.889 bits per heavy atom. The van der Waals surface area contributed by atoms with Gasteiger partial charge in [0.05, 0.1) is 6.04 Å². The van der Waals surface area contributed by atoms with Gasteiger partial charge in [-0.25, -0.2) is 0 Å². The van der Waals surface area contributed by atoms with Crippen LogP contribution in [-0.4, -0.2) is 11.1 Å². The smallest absolute Gasteiger partial charge is 0.103 e. The van der Waals surface area contributed by atoms with Gasteiger partial charge in [-0.3, -0.25) is 0 Å². The Balaban J connectivity index is 1.85. The zero-order chi connectivity index (χ0) is 12.4. The summed E-state index contributed by atoms with van der Waals surface area (Å²) in [5, 5.41) is 13.7. The van der Waals surface area contributed by atoms with Gasteiger partial charge < -0.3 is 10.4 Å². The van der Waals surface area contributed by atoms with Gasteiger partial charge in [-0.15, -0.1) is 0 Å². The van der Waals surface area contributed by atoms with Gasteiger partial charge in [-0.1, -0.05) is 54.6 Å². The first-order valence-corrected chi connectivity index (χ1v) is 6.11. The molecular weight excluding hydrogens is 222 g/mol. The first-order chi connectivity index (χ1) is 8.84. The van der Waals surface area contributed by atoms with E-state index in [2.05, 4.69) is 11.4 Å². The Kier molecular flexibility index (Phi) is 2.87. The standard InChI is InChI=1S/C16H15NO/c18-16-14-9-5-4-6-12(14)10-11-15(16)17-13-7-2-1-3-8-13/h1-11,15-18H/t15-,16+/m1/s1. The van der Waals surface area contributed by atoms with Gasteiger partial charge in [-0.2, -0.15) is 0 Å². The maximum absolute atomic E-state index is 10.4. The number of hydrogen-bond donors (Lipinski definition) is 2. The maximum Gasteiger partial charge on any atom is 0.103 e. The summed E-state index contributed by atoms with van der Waals surface area (Å²) in [6.07, 6.45) is 3.56. The van der Waals surface area contributed by atoms with E-state index in [1.165, 1.54) is 0 Å². The van der Waals surface area contributed by atoms with Crippen molar-refractivity contribution in [2.75, 3.05) is 5.32 Å². The number of anilines is 1. The SMILES string of the molecule is O[C@H]1c2ccccc2C=C[C@H]1Nc1ccccc1. The second-order valence-electron chi connectivity index (χ2n) is 4.47. The molecule has 0 saturated heterocycles. The molecule has 3 rings (SSSR count). The van der Waals surface area contributed by atoms with Crippen molar-refractivity contribution in [1.82, 2.24) is 0 Å². The van der Waals surface area contributed by atoms with E-state index in [4.69, 9.17) is 0 Å². The van der Waals surface area contributed by atoms with Crippen LogP contribution < -0.4 is 5.32 Å². The van der Waals surface area contributed by atoms with Crippen LogP contribution in [-0.2, 0) is 0 Å². The lowest BCUT2D eigenvalue weighted by molar-refractivity contribution is 0.168. The summed E-state index contributed by atoms with van der Waals surface area (Å²) in [6.45, 7) is 0. The van der Waals surface area contributed by atoms with Crippen LogP contribution in [0.15, 0.2) is 60.7 Å². The van der Waals surface area contributed by atoms with Crippen LogP contribution in [0.3, 0.4) is 0 Å². The van der Waals surface area contributed by atoms with Crippen LogP contribution in [0.1, 0.15) is 17.2 Å². The van der Waals surface area contributed by atoms with Crippen LogP contribution >= 0.6 is 0 Å². The topological polar surface area (TPSA) is 32.3 Å². The highest BCUT2D eigenvalue weighted by atomic mass is 16.3. The average molecular weight is 237 g/mol. The van der Waals surface area contributed by atoms with E-state index >= 15 is 0 Å². The van der Waals surface area contributed by atoms with Crippen molar-refractivity contribution in [1.29, 1.82) is 0 Å². The van der Waals surface area contributed by atoms with Crippen molar-refractivity contribution >= 4 is 11.8 Å². The van der Waals surface area contributed by atoms with Crippen LogP contribution in [0.25, 0.3) is 6.08 Å². The number of hydrogen-bond acceptors (Lipinski definition) is 2. The lowest BCUT2D eigenvalue weighted by Gasteiger charge is -2.27. The molecule has 0 heterocycles. The molecule has 2 atom stereocenters. The lowest BCUT2D eigenvalue weighted by atomic mass is 9.91. The van der Waals surface area contributed by atoms with Crippen LogP contribution in [0.5, 0.6) is 0 Å². The zero-order valence-electron chi connectivity index (χ0n) is 9.95. The number of para-hydroxylation sites is 1. The van der Waals surface area contributed by atoms with Gasteiger partial charge in [0, 0.05) is 5.69 Å². The molecule has 2 N–H and O–H groups in total. The van der Waals surface area contributed by atoms with Gasteiger partial charge in [-0.05, 0) is 23.3 Å². The summed E-state index contributed by atoms with van der Waals surface area (Å²) in [4.78, 5) is 0. The highest BCUT2D eigenvalue weighted by Gasteiger charge is 2.23. The van der Waals surface area contributed by atoms with E-state index in [0.29, 0.717) is 0 Å². The van der Waals surface area contributed by atoms with Crippen molar-refractivity contribution in [3.63, 3.8) is 0 Å². The molecule has 2 aromatic carbocycles. The minimum Gasteiger partial charge on any atom is -0.386 e. The molecule has 0 saturated carbocycles. The molecule has 0 aliphatic heterocycles. The first kappa shape index (κ1) is 11.1. The molecule has 0 radical (unpaired) electrons. The van der Waals surface area contributed by atoms with E-state index in [1.54, 1.807) is 0 Å². The van der Waals surface area contributed by atoms with Crippen LogP contribution in [0.2, 0.25) is 0 Å². The number of benzene rings is 2. The normalized spacial score (nSPS) is 21.4. The Hall–Kier alpha value is -2.06. The highest BCUT2D eigenvalue weighted by molar-refractivity contribution is 5.60. The maximum atomic E-state index is 10.4. The number of nitrogens with one attached hydrogen (secondary N) is 1. The quantitative estimate of drug-likeness (QED) is 0.840. The summed E-state index contributed by atoms with van der Waals surface area (Å²) in [7, 11) is 0. The monoisotopic (exact) mass is 237 g/mol. The Morgan fingerprint density at radius 3 is 2.44 bits per heavy atom.